The molecule has 0 aliphatic carbocycles. The summed E-state index contributed by atoms with van der Waals surface area (Å²) in [5.41, 5.74) is 2.14. The number of carbonyl (C=O) groups excluding carboxylic acids is 1. The minimum absolute atomic E-state index is 0.0301. The predicted octanol–water partition coefficient (Wildman–Crippen LogP) is 4.79. The Morgan fingerprint density at radius 2 is 1.43 bits per heavy atom. The standard InChI is InChI=1S/C16H15F3N2O2/c1-11-3-7-13(8-4-11)20-15(22)21(23-16(17,18)19)14-9-5-12(2)6-10-14/h3-10H,1-2H3,(H,20,22). The van der Waals surface area contributed by atoms with Gasteiger partial charge >= 0.3 is 12.4 Å². The molecule has 2 aromatic carbocycles. The lowest BCUT2D eigenvalue weighted by Crippen LogP contribution is -2.39. The van der Waals surface area contributed by atoms with Gasteiger partial charge in [-0.05, 0) is 38.1 Å². The first-order chi connectivity index (χ1) is 10.7. The largest absolute Gasteiger partial charge is 0.544 e. The number of halogens is 3. The molecule has 2 rings (SSSR count). The second kappa shape index (κ2) is 6.70. The lowest BCUT2D eigenvalue weighted by atomic mass is 10.2. The number of hydrogen-bond acceptors (Lipinski definition) is 2. The third kappa shape index (κ3) is 5.00. The number of nitrogens with zero attached hydrogens (tertiary/aromatic N) is 1. The average molecular weight is 324 g/mol. The van der Waals surface area contributed by atoms with E-state index in [9.17, 15) is 18.0 Å². The van der Waals surface area contributed by atoms with Crippen LogP contribution in [0.4, 0.5) is 29.3 Å². The summed E-state index contributed by atoms with van der Waals surface area (Å²) in [6, 6.07) is 11.5. The van der Waals surface area contributed by atoms with Crippen LogP contribution in [0.2, 0.25) is 0 Å². The Hall–Kier alpha value is -2.54. The smallest absolute Gasteiger partial charge is 0.306 e. The number of anilines is 2. The van der Waals surface area contributed by atoms with Gasteiger partial charge in [-0.3, -0.25) is 0 Å². The van der Waals surface area contributed by atoms with Gasteiger partial charge < -0.3 is 5.32 Å². The third-order valence-electron chi connectivity index (χ3n) is 2.95. The van der Waals surface area contributed by atoms with Gasteiger partial charge in [0.05, 0.1) is 5.69 Å². The first kappa shape index (κ1) is 16.8. The van der Waals surface area contributed by atoms with Crippen LogP contribution in [0.25, 0.3) is 0 Å². The van der Waals surface area contributed by atoms with Gasteiger partial charge in [0.2, 0.25) is 0 Å². The van der Waals surface area contributed by atoms with Gasteiger partial charge in [0, 0.05) is 5.69 Å². The van der Waals surface area contributed by atoms with E-state index in [0.717, 1.165) is 11.1 Å². The normalized spacial score (nSPS) is 11.2. The van der Waals surface area contributed by atoms with Gasteiger partial charge in [-0.25, -0.2) is 4.79 Å². The highest BCUT2D eigenvalue weighted by Crippen LogP contribution is 2.25. The van der Waals surface area contributed by atoms with Crippen molar-refractivity contribution in [2.75, 3.05) is 10.4 Å². The van der Waals surface area contributed by atoms with Gasteiger partial charge in [-0.1, -0.05) is 35.4 Å². The van der Waals surface area contributed by atoms with Crippen molar-refractivity contribution in [2.24, 2.45) is 0 Å². The summed E-state index contributed by atoms with van der Waals surface area (Å²) in [6.07, 6.45) is -4.99. The van der Waals surface area contributed by atoms with E-state index in [-0.39, 0.29) is 10.8 Å². The maximum absolute atomic E-state index is 12.6. The van der Waals surface area contributed by atoms with Crippen molar-refractivity contribution < 1.29 is 22.8 Å². The van der Waals surface area contributed by atoms with E-state index in [1.54, 1.807) is 43.3 Å². The summed E-state index contributed by atoms with van der Waals surface area (Å²) in [6.45, 7) is 3.64. The summed E-state index contributed by atoms with van der Waals surface area (Å²) < 4.78 is 37.7. The number of hydroxylamine groups is 1. The van der Waals surface area contributed by atoms with Crippen molar-refractivity contribution in [2.45, 2.75) is 20.2 Å². The van der Waals surface area contributed by atoms with E-state index in [0.29, 0.717) is 5.69 Å². The number of hydrogen-bond donors (Lipinski definition) is 1. The van der Waals surface area contributed by atoms with Crippen LogP contribution in [0.5, 0.6) is 0 Å². The third-order valence-corrected chi connectivity index (χ3v) is 2.95. The number of alkyl halides is 3. The molecule has 0 heterocycles. The molecule has 2 amide bonds. The van der Waals surface area contributed by atoms with Crippen molar-refractivity contribution >= 4 is 17.4 Å². The molecule has 0 saturated heterocycles. The highest BCUT2D eigenvalue weighted by molar-refractivity contribution is 6.00. The zero-order valence-electron chi connectivity index (χ0n) is 12.5. The molecule has 0 radical (unpaired) electrons. The number of aryl methyl sites for hydroxylation is 2. The van der Waals surface area contributed by atoms with E-state index in [1.165, 1.54) is 12.1 Å². The first-order valence-electron chi connectivity index (χ1n) is 6.75. The molecule has 122 valence electrons. The minimum atomic E-state index is -4.99. The molecule has 0 fully saturated rings. The molecule has 0 spiro atoms. The van der Waals surface area contributed by atoms with E-state index >= 15 is 0 Å². The Bertz CT molecular complexity index is 667. The van der Waals surface area contributed by atoms with Crippen LogP contribution in [0.1, 0.15) is 11.1 Å². The van der Waals surface area contributed by atoms with Crippen LogP contribution in [0, 0.1) is 13.8 Å². The van der Waals surface area contributed by atoms with Gasteiger partial charge in [0.1, 0.15) is 0 Å². The Labute approximate surface area is 131 Å². The number of nitrogens with one attached hydrogen (secondary N) is 1. The Morgan fingerprint density at radius 1 is 0.957 bits per heavy atom. The zero-order chi connectivity index (χ0) is 17.0. The quantitative estimate of drug-likeness (QED) is 0.825. The van der Waals surface area contributed by atoms with Gasteiger partial charge in [-0.2, -0.15) is 9.90 Å². The summed E-state index contributed by atoms with van der Waals surface area (Å²) in [5.74, 6) is 0. The number of rotatable bonds is 3. The maximum Gasteiger partial charge on any atom is 0.544 e. The monoisotopic (exact) mass is 324 g/mol. The molecule has 0 aliphatic heterocycles. The highest BCUT2D eigenvalue weighted by atomic mass is 19.4. The summed E-state index contributed by atoms with van der Waals surface area (Å²) in [5, 5.41) is 2.55. The highest BCUT2D eigenvalue weighted by Gasteiger charge is 2.36. The van der Waals surface area contributed by atoms with Gasteiger partial charge in [-0.15, -0.1) is 13.2 Å². The topological polar surface area (TPSA) is 41.6 Å². The van der Waals surface area contributed by atoms with Crippen LogP contribution in [-0.2, 0) is 4.84 Å². The van der Waals surface area contributed by atoms with E-state index in [4.69, 9.17) is 0 Å². The fourth-order valence-corrected chi connectivity index (χ4v) is 1.81. The molecular weight excluding hydrogens is 309 g/mol. The summed E-state index contributed by atoms with van der Waals surface area (Å²) >= 11 is 0. The molecular formula is C16H15F3N2O2. The van der Waals surface area contributed by atoms with Gasteiger partial charge in [0.25, 0.3) is 0 Å². The molecule has 0 saturated carbocycles. The molecule has 23 heavy (non-hydrogen) atoms. The molecule has 7 heteroatoms. The number of benzene rings is 2. The average Bonchev–Trinajstić information content (AvgIpc) is 2.47. The first-order valence-corrected chi connectivity index (χ1v) is 6.75. The Kier molecular flexibility index (Phi) is 4.90. The number of amides is 2. The lowest BCUT2D eigenvalue weighted by molar-refractivity contribution is -0.324. The summed E-state index contributed by atoms with van der Waals surface area (Å²) in [7, 11) is 0. The fourth-order valence-electron chi connectivity index (χ4n) is 1.81. The van der Waals surface area contributed by atoms with Crippen LogP contribution in [-0.4, -0.2) is 12.4 Å². The molecule has 0 aliphatic rings. The van der Waals surface area contributed by atoms with Crippen LogP contribution < -0.4 is 10.4 Å². The van der Waals surface area contributed by atoms with E-state index in [1.807, 2.05) is 6.92 Å². The second-order valence-corrected chi connectivity index (χ2v) is 4.96. The van der Waals surface area contributed by atoms with Crippen molar-refractivity contribution in [3.05, 3.63) is 59.7 Å². The SMILES string of the molecule is Cc1ccc(NC(=O)N(OC(F)(F)F)c2ccc(C)cc2)cc1. The van der Waals surface area contributed by atoms with Crippen LogP contribution in [0.15, 0.2) is 48.5 Å². The second-order valence-electron chi connectivity index (χ2n) is 4.96. The molecule has 0 bridgehead atoms. The number of urea groups is 1. The van der Waals surface area contributed by atoms with Crippen molar-refractivity contribution in [3.8, 4) is 0 Å². The van der Waals surface area contributed by atoms with E-state index < -0.39 is 12.4 Å². The summed E-state index contributed by atoms with van der Waals surface area (Å²) in [4.78, 5) is 16.0. The minimum Gasteiger partial charge on any atom is -0.306 e. The molecule has 0 unspecified atom stereocenters. The fraction of sp³-hybridized carbons (Fsp3) is 0.188. The van der Waals surface area contributed by atoms with Crippen LogP contribution in [0.3, 0.4) is 0 Å². The van der Waals surface area contributed by atoms with Crippen LogP contribution >= 0.6 is 0 Å². The molecule has 0 aromatic heterocycles. The molecule has 1 N–H and O–H groups in total. The maximum atomic E-state index is 12.6. The predicted molar refractivity (Wildman–Crippen MR) is 81.0 cm³/mol. The van der Waals surface area contributed by atoms with Crippen molar-refractivity contribution in [1.29, 1.82) is 0 Å². The Morgan fingerprint density at radius 3 is 1.91 bits per heavy atom. The van der Waals surface area contributed by atoms with Crippen molar-refractivity contribution in [1.82, 2.24) is 0 Å². The molecule has 2 aromatic rings. The Balaban J connectivity index is 2.23. The molecule has 0 atom stereocenters. The lowest BCUT2D eigenvalue weighted by Gasteiger charge is -2.23. The number of carbonyl (C=O) groups is 1. The zero-order valence-corrected chi connectivity index (χ0v) is 12.5. The van der Waals surface area contributed by atoms with Crippen molar-refractivity contribution in [3.63, 3.8) is 0 Å². The molecule has 4 nitrogen and oxygen atoms in total. The van der Waals surface area contributed by atoms with Gasteiger partial charge in [0.15, 0.2) is 0 Å². The van der Waals surface area contributed by atoms with E-state index in [2.05, 4.69) is 10.2 Å².